The smallest absolute Gasteiger partial charge is 0.244 e. The predicted octanol–water partition coefficient (Wildman–Crippen LogP) is 0.651. The van der Waals surface area contributed by atoms with Crippen LogP contribution in [0.1, 0.15) is 22.0 Å². The summed E-state index contributed by atoms with van der Waals surface area (Å²) in [5.41, 5.74) is 0.206. The predicted molar refractivity (Wildman–Crippen MR) is 65.3 cm³/mol. The molecule has 0 saturated carbocycles. The van der Waals surface area contributed by atoms with Crippen molar-refractivity contribution in [3.05, 3.63) is 35.5 Å². The Kier molecular flexibility index (Phi) is 3.74. The largest absolute Gasteiger partial charge is 0.464 e. The first-order valence-corrected chi connectivity index (χ1v) is 5.73. The van der Waals surface area contributed by atoms with Crippen molar-refractivity contribution in [1.82, 2.24) is 19.9 Å². The molecule has 0 atom stereocenters. The fourth-order valence-electron chi connectivity index (χ4n) is 1.60. The number of likely N-dealkylation sites (N-methyl/N-ethyl adjacent to an activating group) is 1. The number of hydrogen-bond acceptors (Lipinski definition) is 5. The first-order valence-electron chi connectivity index (χ1n) is 5.73. The maximum atomic E-state index is 11.9. The Morgan fingerprint density at radius 3 is 2.89 bits per heavy atom. The van der Waals surface area contributed by atoms with Crippen LogP contribution in [0.3, 0.4) is 0 Å². The van der Waals surface area contributed by atoms with E-state index in [-0.39, 0.29) is 18.1 Å². The van der Waals surface area contributed by atoms with E-state index in [1.165, 1.54) is 15.8 Å². The van der Waals surface area contributed by atoms with Gasteiger partial charge in [-0.25, -0.2) is 4.68 Å². The highest BCUT2D eigenvalue weighted by molar-refractivity contribution is 5.76. The van der Waals surface area contributed by atoms with Crippen LogP contribution in [0.4, 0.5) is 0 Å². The maximum absolute atomic E-state index is 11.9. The van der Waals surface area contributed by atoms with Gasteiger partial charge in [-0.05, 0) is 19.1 Å². The number of nitrogens with zero attached hydrogens (tertiary/aromatic N) is 4. The quantitative estimate of drug-likeness (QED) is 0.739. The molecule has 100 valence electrons. The summed E-state index contributed by atoms with van der Waals surface area (Å²) in [4.78, 5) is 23.9. The molecule has 2 heterocycles. The van der Waals surface area contributed by atoms with Gasteiger partial charge in [0.25, 0.3) is 0 Å². The average molecular weight is 262 g/mol. The van der Waals surface area contributed by atoms with Gasteiger partial charge in [0.2, 0.25) is 5.91 Å². The highest BCUT2D eigenvalue weighted by Crippen LogP contribution is 2.08. The zero-order valence-electron chi connectivity index (χ0n) is 10.7. The number of hydrogen-bond donors (Lipinski definition) is 0. The van der Waals surface area contributed by atoms with E-state index in [1.54, 1.807) is 7.05 Å². The minimum Gasteiger partial charge on any atom is -0.464 e. The van der Waals surface area contributed by atoms with Crippen LogP contribution in [0.2, 0.25) is 0 Å². The fraction of sp³-hybridized carbons (Fsp3) is 0.333. The number of aromatic nitrogens is 3. The topological polar surface area (TPSA) is 81.2 Å². The first kappa shape index (κ1) is 13.0. The lowest BCUT2D eigenvalue weighted by Gasteiger charge is -2.15. The van der Waals surface area contributed by atoms with Crippen molar-refractivity contribution in [2.75, 3.05) is 7.05 Å². The van der Waals surface area contributed by atoms with Crippen molar-refractivity contribution in [2.45, 2.75) is 20.0 Å². The highest BCUT2D eigenvalue weighted by Gasteiger charge is 2.12. The van der Waals surface area contributed by atoms with Gasteiger partial charge in [0.1, 0.15) is 23.8 Å². The summed E-state index contributed by atoms with van der Waals surface area (Å²) >= 11 is 0. The van der Waals surface area contributed by atoms with E-state index >= 15 is 0 Å². The molecule has 2 aromatic heterocycles. The lowest BCUT2D eigenvalue weighted by molar-refractivity contribution is -0.131. The summed E-state index contributed by atoms with van der Waals surface area (Å²) < 4.78 is 6.73. The van der Waals surface area contributed by atoms with Crippen LogP contribution in [0, 0.1) is 6.92 Å². The zero-order chi connectivity index (χ0) is 13.8. The summed E-state index contributed by atoms with van der Waals surface area (Å²) in [7, 11) is 1.68. The number of aldehydes is 1. The molecule has 0 saturated heterocycles. The third-order valence-electron chi connectivity index (χ3n) is 2.59. The normalized spacial score (nSPS) is 10.4. The summed E-state index contributed by atoms with van der Waals surface area (Å²) in [6.45, 7) is 2.28. The molecule has 0 aliphatic heterocycles. The van der Waals surface area contributed by atoms with E-state index in [4.69, 9.17) is 4.42 Å². The second kappa shape index (κ2) is 5.47. The van der Waals surface area contributed by atoms with Crippen molar-refractivity contribution in [3.8, 4) is 0 Å². The van der Waals surface area contributed by atoms with E-state index in [0.717, 1.165) is 11.5 Å². The van der Waals surface area contributed by atoms with Crippen LogP contribution in [0.25, 0.3) is 0 Å². The number of carbonyl (C=O) groups is 2. The molecule has 0 aromatic carbocycles. The highest BCUT2D eigenvalue weighted by atomic mass is 16.3. The van der Waals surface area contributed by atoms with Crippen LogP contribution in [0.15, 0.2) is 22.7 Å². The van der Waals surface area contributed by atoms with Crippen molar-refractivity contribution >= 4 is 12.2 Å². The Morgan fingerprint density at radius 1 is 1.53 bits per heavy atom. The van der Waals surface area contributed by atoms with Crippen LogP contribution in [-0.4, -0.2) is 39.1 Å². The lowest BCUT2D eigenvalue weighted by atomic mass is 10.4. The van der Waals surface area contributed by atoms with E-state index in [2.05, 4.69) is 10.3 Å². The Hall–Kier alpha value is -2.44. The van der Waals surface area contributed by atoms with Crippen molar-refractivity contribution in [1.29, 1.82) is 0 Å². The molecule has 0 aliphatic rings. The molecule has 0 fully saturated rings. The van der Waals surface area contributed by atoms with E-state index in [9.17, 15) is 9.59 Å². The molecule has 1 amide bonds. The Morgan fingerprint density at radius 2 is 2.32 bits per heavy atom. The molecule has 0 bridgehead atoms. The fourth-order valence-corrected chi connectivity index (χ4v) is 1.60. The molecular weight excluding hydrogens is 248 g/mol. The monoisotopic (exact) mass is 262 g/mol. The summed E-state index contributed by atoms with van der Waals surface area (Å²) in [6.07, 6.45) is 2.01. The standard InChI is InChI=1S/C12H14N4O3/c1-9-3-4-11(19-9)6-15(2)12(18)7-16-5-10(8-17)13-14-16/h3-5,8H,6-7H2,1-2H3. The van der Waals surface area contributed by atoms with Crippen LogP contribution < -0.4 is 0 Å². The van der Waals surface area contributed by atoms with E-state index in [0.29, 0.717) is 12.8 Å². The second-order valence-corrected chi connectivity index (χ2v) is 4.22. The molecule has 2 rings (SSSR count). The molecule has 19 heavy (non-hydrogen) atoms. The van der Waals surface area contributed by atoms with Crippen molar-refractivity contribution < 1.29 is 14.0 Å². The lowest BCUT2D eigenvalue weighted by Crippen LogP contribution is -2.29. The summed E-state index contributed by atoms with van der Waals surface area (Å²) in [6, 6.07) is 3.68. The number of rotatable bonds is 5. The van der Waals surface area contributed by atoms with Gasteiger partial charge in [-0.15, -0.1) is 5.10 Å². The molecular formula is C12H14N4O3. The molecule has 0 radical (unpaired) electrons. The Balaban J connectivity index is 1.93. The first-order chi connectivity index (χ1) is 9.08. The molecule has 0 spiro atoms. The van der Waals surface area contributed by atoms with Gasteiger partial charge in [0.05, 0.1) is 12.7 Å². The third-order valence-corrected chi connectivity index (χ3v) is 2.59. The Bertz CT molecular complexity index is 587. The van der Waals surface area contributed by atoms with Gasteiger partial charge in [-0.3, -0.25) is 9.59 Å². The minimum atomic E-state index is -0.142. The number of amides is 1. The van der Waals surface area contributed by atoms with Gasteiger partial charge in [0.15, 0.2) is 6.29 Å². The van der Waals surface area contributed by atoms with Gasteiger partial charge in [-0.2, -0.15) is 0 Å². The van der Waals surface area contributed by atoms with E-state index in [1.807, 2.05) is 19.1 Å². The SMILES string of the molecule is Cc1ccc(CN(C)C(=O)Cn2cc(C=O)nn2)o1. The summed E-state index contributed by atoms with van der Waals surface area (Å²) in [5, 5.41) is 7.28. The molecule has 7 nitrogen and oxygen atoms in total. The summed E-state index contributed by atoms with van der Waals surface area (Å²) in [5.74, 6) is 1.39. The molecule has 0 unspecified atom stereocenters. The van der Waals surface area contributed by atoms with Crippen molar-refractivity contribution in [2.24, 2.45) is 0 Å². The molecule has 2 aromatic rings. The molecule has 0 N–H and O–H groups in total. The van der Waals surface area contributed by atoms with Gasteiger partial charge in [0, 0.05) is 7.05 Å². The average Bonchev–Trinajstić information content (AvgIpc) is 2.98. The van der Waals surface area contributed by atoms with Crippen LogP contribution in [0.5, 0.6) is 0 Å². The zero-order valence-corrected chi connectivity index (χ0v) is 10.7. The van der Waals surface area contributed by atoms with Gasteiger partial charge < -0.3 is 9.32 Å². The maximum Gasteiger partial charge on any atom is 0.244 e. The molecule has 7 heteroatoms. The Labute approximate surface area is 109 Å². The molecule has 0 aliphatic carbocycles. The van der Waals surface area contributed by atoms with Gasteiger partial charge >= 0.3 is 0 Å². The van der Waals surface area contributed by atoms with Gasteiger partial charge in [-0.1, -0.05) is 5.21 Å². The number of carbonyl (C=O) groups excluding carboxylic acids is 2. The number of aryl methyl sites for hydroxylation is 1. The van der Waals surface area contributed by atoms with Crippen molar-refractivity contribution in [3.63, 3.8) is 0 Å². The van der Waals surface area contributed by atoms with Crippen LogP contribution in [-0.2, 0) is 17.9 Å². The van der Waals surface area contributed by atoms with E-state index < -0.39 is 0 Å². The third kappa shape index (κ3) is 3.27. The van der Waals surface area contributed by atoms with Crippen LogP contribution >= 0.6 is 0 Å². The minimum absolute atomic E-state index is 0.0387. The second-order valence-electron chi connectivity index (χ2n) is 4.22. The number of furan rings is 1.